The number of carbonyl (C=O) groups excluding carboxylic acids is 2. The summed E-state index contributed by atoms with van der Waals surface area (Å²) in [5.74, 6) is -0.279. The predicted molar refractivity (Wildman–Crippen MR) is 62.2 cm³/mol. The third kappa shape index (κ3) is 1.82. The third-order valence-corrected chi connectivity index (χ3v) is 2.45. The van der Waals surface area contributed by atoms with Crippen molar-refractivity contribution in [2.45, 2.75) is 0 Å². The molecule has 0 aliphatic carbocycles. The number of fused-ring (bicyclic) bond motifs is 1. The monoisotopic (exact) mass is 230 g/mol. The molecule has 0 saturated carbocycles. The van der Waals surface area contributed by atoms with E-state index >= 15 is 0 Å². The molecule has 0 aliphatic heterocycles. The van der Waals surface area contributed by atoms with Gasteiger partial charge in [-0.25, -0.2) is 0 Å². The maximum Gasteiger partial charge on any atom is 0.254 e. The molecule has 2 rings (SSSR count). The van der Waals surface area contributed by atoms with E-state index in [0.717, 1.165) is 6.29 Å². The van der Waals surface area contributed by atoms with Crippen LogP contribution in [-0.4, -0.2) is 24.3 Å². The zero-order valence-electron chi connectivity index (χ0n) is 9.14. The summed E-state index contributed by atoms with van der Waals surface area (Å²) >= 11 is 0. The molecule has 2 aromatic rings. The van der Waals surface area contributed by atoms with Crippen molar-refractivity contribution >= 4 is 23.1 Å². The summed E-state index contributed by atoms with van der Waals surface area (Å²) in [6, 6.07) is 4.94. The highest BCUT2D eigenvalue weighted by atomic mass is 16.5. The lowest BCUT2D eigenvalue weighted by atomic mass is 10.1. The van der Waals surface area contributed by atoms with Crippen LogP contribution in [0.2, 0.25) is 0 Å². The zero-order valence-corrected chi connectivity index (χ0v) is 9.14. The molecule has 0 bridgehead atoms. The quantitative estimate of drug-likeness (QED) is 0.802. The number of nitrogens with two attached hydrogens (primary N) is 1. The first kappa shape index (κ1) is 11.1. The summed E-state index contributed by atoms with van der Waals surface area (Å²) in [7, 11) is 1.44. The smallest absolute Gasteiger partial charge is 0.254 e. The van der Waals surface area contributed by atoms with Crippen molar-refractivity contribution in [3.63, 3.8) is 0 Å². The van der Waals surface area contributed by atoms with Crippen molar-refractivity contribution in [3.8, 4) is 5.75 Å². The van der Waals surface area contributed by atoms with Gasteiger partial charge in [-0.05, 0) is 18.2 Å². The van der Waals surface area contributed by atoms with Crippen LogP contribution in [0.1, 0.15) is 20.7 Å². The average molecular weight is 230 g/mol. The van der Waals surface area contributed by atoms with Crippen LogP contribution >= 0.6 is 0 Å². The fourth-order valence-corrected chi connectivity index (χ4v) is 1.65. The zero-order chi connectivity index (χ0) is 12.4. The number of benzene rings is 1. The molecule has 0 radical (unpaired) electrons. The number of hydrogen-bond donors (Lipinski definition) is 1. The highest BCUT2D eigenvalue weighted by molar-refractivity contribution is 6.02. The SMILES string of the molecule is COc1c(C(N)=O)cnc2ccc(C=O)cc12. The molecule has 1 aromatic heterocycles. The van der Waals surface area contributed by atoms with Crippen molar-refractivity contribution in [2.75, 3.05) is 7.11 Å². The van der Waals surface area contributed by atoms with Gasteiger partial charge in [0.05, 0.1) is 12.6 Å². The Balaban J connectivity index is 2.82. The molecule has 1 amide bonds. The summed E-state index contributed by atoms with van der Waals surface area (Å²) in [6.07, 6.45) is 2.08. The highest BCUT2D eigenvalue weighted by Crippen LogP contribution is 2.28. The van der Waals surface area contributed by atoms with Crippen molar-refractivity contribution < 1.29 is 14.3 Å². The van der Waals surface area contributed by atoms with Crippen molar-refractivity contribution in [1.82, 2.24) is 4.98 Å². The summed E-state index contributed by atoms with van der Waals surface area (Å²) in [5.41, 5.74) is 6.54. The molecule has 5 nitrogen and oxygen atoms in total. The summed E-state index contributed by atoms with van der Waals surface area (Å²) < 4.78 is 5.16. The average Bonchev–Trinajstić information content (AvgIpc) is 2.36. The standard InChI is InChI=1S/C12H10N2O3/c1-17-11-8-4-7(6-15)2-3-10(8)14-5-9(11)12(13)16/h2-6H,1H3,(H2,13,16). The number of rotatable bonds is 3. The van der Waals surface area contributed by atoms with Gasteiger partial charge in [-0.15, -0.1) is 0 Å². The van der Waals surface area contributed by atoms with Crippen LogP contribution in [0.3, 0.4) is 0 Å². The van der Waals surface area contributed by atoms with Gasteiger partial charge in [0.1, 0.15) is 17.6 Å². The van der Waals surface area contributed by atoms with Gasteiger partial charge in [0.2, 0.25) is 0 Å². The van der Waals surface area contributed by atoms with Crippen LogP contribution in [-0.2, 0) is 0 Å². The lowest BCUT2D eigenvalue weighted by Gasteiger charge is -2.08. The van der Waals surface area contributed by atoms with E-state index in [1.165, 1.54) is 13.3 Å². The Bertz CT molecular complexity index is 608. The van der Waals surface area contributed by atoms with Gasteiger partial charge in [-0.1, -0.05) is 0 Å². The Morgan fingerprint density at radius 3 is 2.82 bits per heavy atom. The molecule has 0 spiro atoms. The lowest BCUT2D eigenvalue weighted by molar-refractivity contribution is 0.0997. The molecule has 1 heterocycles. The van der Waals surface area contributed by atoms with E-state index in [4.69, 9.17) is 10.5 Å². The van der Waals surface area contributed by atoms with E-state index in [-0.39, 0.29) is 5.56 Å². The first-order valence-corrected chi connectivity index (χ1v) is 4.89. The van der Waals surface area contributed by atoms with Gasteiger partial charge in [0, 0.05) is 17.1 Å². The molecule has 1 aromatic carbocycles. The normalized spacial score (nSPS) is 10.2. The molecule has 86 valence electrons. The molecule has 17 heavy (non-hydrogen) atoms. The molecular weight excluding hydrogens is 220 g/mol. The number of aromatic nitrogens is 1. The van der Waals surface area contributed by atoms with Gasteiger partial charge >= 0.3 is 0 Å². The van der Waals surface area contributed by atoms with Crippen molar-refractivity contribution in [1.29, 1.82) is 0 Å². The summed E-state index contributed by atoms with van der Waals surface area (Å²) in [6.45, 7) is 0. The van der Waals surface area contributed by atoms with Crippen LogP contribution in [0.25, 0.3) is 10.9 Å². The van der Waals surface area contributed by atoms with E-state index in [0.29, 0.717) is 22.2 Å². The topological polar surface area (TPSA) is 82.3 Å². The lowest BCUT2D eigenvalue weighted by Crippen LogP contribution is -2.13. The molecule has 0 unspecified atom stereocenters. The Morgan fingerprint density at radius 1 is 1.47 bits per heavy atom. The molecule has 2 N–H and O–H groups in total. The fourth-order valence-electron chi connectivity index (χ4n) is 1.65. The number of amides is 1. The second-order valence-electron chi connectivity index (χ2n) is 3.46. The molecule has 0 saturated heterocycles. The van der Waals surface area contributed by atoms with Crippen LogP contribution in [0.4, 0.5) is 0 Å². The molecule has 0 atom stereocenters. The Hall–Kier alpha value is -2.43. The van der Waals surface area contributed by atoms with E-state index in [1.807, 2.05) is 0 Å². The number of methoxy groups -OCH3 is 1. The second kappa shape index (κ2) is 4.21. The predicted octanol–water partition coefficient (Wildman–Crippen LogP) is 1.15. The van der Waals surface area contributed by atoms with Crippen molar-refractivity contribution in [3.05, 3.63) is 35.5 Å². The summed E-state index contributed by atoms with van der Waals surface area (Å²) in [5, 5.41) is 0.591. The van der Waals surface area contributed by atoms with E-state index in [2.05, 4.69) is 4.98 Å². The van der Waals surface area contributed by atoms with Crippen molar-refractivity contribution in [2.24, 2.45) is 5.73 Å². The first-order valence-electron chi connectivity index (χ1n) is 4.89. The molecule has 5 heteroatoms. The fraction of sp³-hybridized carbons (Fsp3) is 0.0833. The first-order chi connectivity index (χ1) is 8.17. The van der Waals surface area contributed by atoms with Gasteiger partial charge in [0.25, 0.3) is 5.91 Å². The Kier molecular flexibility index (Phi) is 2.74. The van der Waals surface area contributed by atoms with E-state index in [9.17, 15) is 9.59 Å². The minimum atomic E-state index is -0.618. The third-order valence-electron chi connectivity index (χ3n) is 2.45. The highest BCUT2D eigenvalue weighted by Gasteiger charge is 2.13. The number of carbonyl (C=O) groups is 2. The second-order valence-corrected chi connectivity index (χ2v) is 3.46. The number of nitrogens with zero attached hydrogens (tertiary/aromatic N) is 1. The summed E-state index contributed by atoms with van der Waals surface area (Å²) in [4.78, 5) is 26.0. The van der Waals surface area contributed by atoms with Gasteiger partial charge in [-0.2, -0.15) is 0 Å². The van der Waals surface area contributed by atoms with Gasteiger partial charge < -0.3 is 10.5 Å². The Morgan fingerprint density at radius 2 is 2.24 bits per heavy atom. The number of hydrogen-bond acceptors (Lipinski definition) is 4. The molecule has 0 aliphatic rings. The number of primary amides is 1. The maximum absolute atomic E-state index is 11.2. The minimum Gasteiger partial charge on any atom is -0.495 e. The Labute approximate surface area is 97.2 Å². The minimum absolute atomic E-state index is 0.197. The van der Waals surface area contributed by atoms with E-state index < -0.39 is 5.91 Å². The van der Waals surface area contributed by atoms with E-state index in [1.54, 1.807) is 18.2 Å². The number of aldehydes is 1. The van der Waals surface area contributed by atoms with Crippen LogP contribution in [0.5, 0.6) is 5.75 Å². The van der Waals surface area contributed by atoms with Crippen LogP contribution in [0, 0.1) is 0 Å². The van der Waals surface area contributed by atoms with Crippen LogP contribution in [0.15, 0.2) is 24.4 Å². The largest absolute Gasteiger partial charge is 0.495 e. The number of pyridine rings is 1. The maximum atomic E-state index is 11.2. The molecule has 0 fully saturated rings. The van der Waals surface area contributed by atoms with Crippen LogP contribution < -0.4 is 10.5 Å². The molecular formula is C12H10N2O3. The number of ether oxygens (including phenoxy) is 1. The van der Waals surface area contributed by atoms with Gasteiger partial charge in [0.15, 0.2) is 0 Å². The van der Waals surface area contributed by atoms with Gasteiger partial charge in [-0.3, -0.25) is 14.6 Å².